The molecule has 0 atom stereocenters. The van der Waals surface area contributed by atoms with Gasteiger partial charge in [0.2, 0.25) is 5.71 Å². The highest BCUT2D eigenvalue weighted by Gasteiger charge is 2.22. The third kappa shape index (κ3) is 2.68. The molecular weight excluding hydrogens is 290 g/mol. The number of anilines is 1. The van der Waals surface area contributed by atoms with Crippen molar-refractivity contribution in [3.8, 4) is 0 Å². The van der Waals surface area contributed by atoms with Crippen molar-refractivity contribution in [1.82, 2.24) is 15.0 Å². The molecule has 1 aromatic heterocycles. The van der Waals surface area contributed by atoms with Gasteiger partial charge in [0.1, 0.15) is 11.4 Å². The van der Waals surface area contributed by atoms with Crippen LogP contribution < -0.4 is 32.2 Å². The van der Waals surface area contributed by atoms with E-state index in [2.05, 4.69) is 15.0 Å². The molecule has 0 fully saturated rings. The number of aromatic amines is 1. The van der Waals surface area contributed by atoms with Crippen molar-refractivity contribution in [3.05, 3.63) is 64.1 Å². The highest BCUT2D eigenvalue weighted by molar-refractivity contribution is 6.22. The predicted octanol–water partition coefficient (Wildman–Crippen LogP) is -1.19. The zero-order chi connectivity index (χ0) is 16.4. The van der Waals surface area contributed by atoms with Crippen molar-refractivity contribution in [2.75, 3.05) is 19.3 Å². The fourth-order valence-electron chi connectivity index (χ4n) is 2.55. The summed E-state index contributed by atoms with van der Waals surface area (Å²) < 4.78 is 4.50. The van der Waals surface area contributed by atoms with Gasteiger partial charge in [-0.15, -0.1) is 0 Å². The summed E-state index contributed by atoms with van der Waals surface area (Å²) in [5, 5.41) is 3.73. The zero-order valence-electron chi connectivity index (χ0n) is 12.8. The van der Waals surface area contributed by atoms with Crippen LogP contribution in [0.5, 0.6) is 0 Å². The normalized spacial score (nSPS) is 13.0. The molecule has 0 radical (unpaired) electrons. The maximum atomic E-state index is 12.7. The average Bonchev–Trinajstić information content (AvgIpc) is 3.12. The number of ketones is 1. The molecule has 1 aliphatic heterocycles. The van der Waals surface area contributed by atoms with Crippen molar-refractivity contribution in [2.45, 2.75) is 0 Å². The van der Waals surface area contributed by atoms with E-state index in [1.54, 1.807) is 43.7 Å². The number of hydrogen-bond donors (Lipinski definition) is 4. The minimum Gasteiger partial charge on any atom is -0.399 e. The van der Waals surface area contributed by atoms with Crippen molar-refractivity contribution in [3.63, 3.8) is 0 Å². The summed E-state index contributed by atoms with van der Waals surface area (Å²) in [5.41, 5.74) is 15.5. The number of nitrogens with one attached hydrogen (secondary N) is 2. The number of nitrogens with zero attached hydrogens (tertiary/aromatic N) is 1. The van der Waals surface area contributed by atoms with E-state index in [9.17, 15) is 4.79 Å². The molecule has 0 saturated carbocycles. The predicted molar refractivity (Wildman–Crippen MR) is 91.2 cm³/mol. The molecule has 0 unspecified atom stereocenters. The van der Waals surface area contributed by atoms with Gasteiger partial charge in [-0.1, -0.05) is 12.1 Å². The SMILES string of the molecule is CNC=C(CN)C1=[N+]=c2[nH]cc(C(=O)c3cccc(N)c3)c2=C1. The van der Waals surface area contributed by atoms with Crippen LogP contribution in [-0.2, 0) is 0 Å². The zero-order valence-corrected chi connectivity index (χ0v) is 12.8. The van der Waals surface area contributed by atoms with Crippen LogP contribution in [0.2, 0.25) is 0 Å². The number of fused-ring (bicyclic) bond motifs is 1. The Morgan fingerprint density at radius 2 is 2.26 bits per heavy atom. The van der Waals surface area contributed by atoms with E-state index in [4.69, 9.17) is 11.5 Å². The summed E-state index contributed by atoms with van der Waals surface area (Å²) in [6, 6.07) is 6.94. The third-order valence-electron chi connectivity index (χ3n) is 3.67. The number of benzene rings is 1. The summed E-state index contributed by atoms with van der Waals surface area (Å²) in [4.78, 5) is 15.7. The maximum absolute atomic E-state index is 12.7. The summed E-state index contributed by atoms with van der Waals surface area (Å²) >= 11 is 0. The Labute approximate surface area is 132 Å². The lowest BCUT2D eigenvalue weighted by Crippen LogP contribution is -2.26. The van der Waals surface area contributed by atoms with Crippen LogP contribution in [0, 0.1) is 0 Å². The van der Waals surface area contributed by atoms with Gasteiger partial charge in [-0.3, -0.25) is 4.79 Å². The molecule has 116 valence electrons. The standard InChI is InChI=1S/C17H17N5O/c1-20-8-11(7-18)15-6-13-14(9-21-17(13)22-15)16(23)10-3-2-4-12(19)5-10/h2-6,8-9H,7,18-19H2,1H3,(H,20,21,22,23)/p+1. The number of carbonyl (C=O) groups excluding carboxylic acids is 1. The second-order valence-electron chi connectivity index (χ2n) is 5.22. The topological polar surface area (TPSA) is 111 Å². The minimum atomic E-state index is -0.0885. The van der Waals surface area contributed by atoms with E-state index >= 15 is 0 Å². The lowest BCUT2D eigenvalue weighted by atomic mass is 10.0. The monoisotopic (exact) mass is 308 g/mol. The molecular formula is C17H18N5O+. The summed E-state index contributed by atoms with van der Waals surface area (Å²) in [7, 11) is 1.80. The van der Waals surface area contributed by atoms with Gasteiger partial charge in [0.15, 0.2) is 5.78 Å². The van der Waals surface area contributed by atoms with Crippen LogP contribution in [0.1, 0.15) is 15.9 Å². The van der Waals surface area contributed by atoms with Gasteiger partial charge in [-0.2, -0.15) is 0 Å². The number of carbonyl (C=O) groups is 1. The Balaban J connectivity index is 2.04. The first kappa shape index (κ1) is 14.8. The fraction of sp³-hybridized carbons (Fsp3) is 0.118. The number of H-pyrrole nitrogens is 1. The second-order valence-corrected chi connectivity index (χ2v) is 5.22. The van der Waals surface area contributed by atoms with E-state index in [1.165, 1.54) is 0 Å². The quantitative estimate of drug-likeness (QED) is 0.316. The molecule has 1 aromatic carbocycles. The highest BCUT2D eigenvalue weighted by atomic mass is 16.1. The molecule has 6 nitrogen and oxygen atoms in total. The van der Waals surface area contributed by atoms with Crippen LogP contribution >= 0.6 is 0 Å². The first-order valence-corrected chi connectivity index (χ1v) is 7.26. The van der Waals surface area contributed by atoms with Crippen LogP contribution in [0.3, 0.4) is 0 Å². The van der Waals surface area contributed by atoms with E-state index in [-0.39, 0.29) is 5.78 Å². The molecule has 2 heterocycles. The van der Waals surface area contributed by atoms with E-state index in [0.717, 1.165) is 16.5 Å². The van der Waals surface area contributed by atoms with Crippen molar-refractivity contribution in [2.24, 2.45) is 5.73 Å². The Morgan fingerprint density at radius 3 is 2.96 bits per heavy atom. The smallest absolute Gasteiger partial charge is 0.381 e. The molecule has 0 saturated heterocycles. The van der Waals surface area contributed by atoms with Crippen molar-refractivity contribution < 1.29 is 4.79 Å². The molecule has 0 aliphatic carbocycles. The molecule has 2 aromatic rings. The lowest BCUT2D eigenvalue weighted by molar-refractivity contribution is 0.103. The molecule has 6 N–H and O–H groups in total. The van der Waals surface area contributed by atoms with Gasteiger partial charge in [0, 0.05) is 42.7 Å². The van der Waals surface area contributed by atoms with E-state index < -0.39 is 0 Å². The van der Waals surface area contributed by atoms with Gasteiger partial charge in [0.05, 0.1) is 5.56 Å². The third-order valence-corrected chi connectivity index (χ3v) is 3.67. The molecule has 0 bridgehead atoms. The van der Waals surface area contributed by atoms with Crippen LogP contribution in [0.15, 0.2) is 42.2 Å². The number of hydrogen-bond acceptors (Lipinski definition) is 4. The molecule has 1 aliphatic rings. The number of rotatable bonds is 5. The van der Waals surface area contributed by atoms with Crippen LogP contribution in [0.4, 0.5) is 5.69 Å². The fourth-order valence-corrected chi connectivity index (χ4v) is 2.55. The average molecular weight is 308 g/mol. The van der Waals surface area contributed by atoms with Crippen LogP contribution in [-0.4, -0.2) is 30.1 Å². The number of nitrogens with two attached hydrogens (primary N) is 2. The minimum absolute atomic E-state index is 0.0885. The lowest BCUT2D eigenvalue weighted by Gasteiger charge is -1.99. The maximum Gasteiger partial charge on any atom is 0.381 e. The first-order valence-electron chi connectivity index (χ1n) is 7.26. The molecule has 0 amide bonds. The highest BCUT2D eigenvalue weighted by Crippen LogP contribution is 2.10. The van der Waals surface area contributed by atoms with E-state index in [1.807, 2.05) is 6.08 Å². The Morgan fingerprint density at radius 1 is 1.43 bits per heavy atom. The van der Waals surface area contributed by atoms with Gasteiger partial charge < -0.3 is 16.8 Å². The summed E-state index contributed by atoms with van der Waals surface area (Å²) in [6.45, 7) is 0.360. The van der Waals surface area contributed by atoms with Crippen molar-refractivity contribution in [1.29, 1.82) is 0 Å². The van der Waals surface area contributed by atoms with Gasteiger partial charge in [-0.05, 0) is 12.1 Å². The summed E-state index contributed by atoms with van der Waals surface area (Å²) in [5.74, 6) is -0.0885. The van der Waals surface area contributed by atoms with Crippen LogP contribution in [0.25, 0.3) is 6.08 Å². The Bertz CT molecular complexity index is 961. The van der Waals surface area contributed by atoms with Gasteiger partial charge in [0.25, 0.3) is 0 Å². The van der Waals surface area contributed by atoms with E-state index in [0.29, 0.717) is 28.8 Å². The number of nitrogen functional groups attached to an aromatic ring is 1. The Hall–Kier alpha value is -3.08. The molecule has 3 rings (SSSR count). The number of aromatic nitrogens is 1. The van der Waals surface area contributed by atoms with Gasteiger partial charge in [-0.25, -0.2) is 9.65 Å². The molecule has 0 spiro atoms. The van der Waals surface area contributed by atoms with Crippen molar-refractivity contribution >= 4 is 23.3 Å². The first-order chi connectivity index (χ1) is 11.1. The molecule has 23 heavy (non-hydrogen) atoms. The van der Waals surface area contributed by atoms with Gasteiger partial charge >= 0.3 is 5.49 Å². The molecule has 6 heteroatoms. The summed E-state index contributed by atoms with van der Waals surface area (Å²) in [6.07, 6.45) is 5.36. The largest absolute Gasteiger partial charge is 0.399 e. The Kier molecular flexibility index (Phi) is 3.85. The second kappa shape index (κ2) is 5.96.